The lowest BCUT2D eigenvalue weighted by atomic mass is 10.1. The van der Waals surface area contributed by atoms with Gasteiger partial charge >= 0.3 is 5.69 Å². The number of halogens is 2. The molecule has 4 aromatic rings. The van der Waals surface area contributed by atoms with Crippen LogP contribution in [0.15, 0.2) is 48.0 Å². The first-order valence-corrected chi connectivity index (χ1v) is 13.7. The maximum Gasteiger partial charge on any atom is 0.356 e. The van der Waals surface area contributed by atoms with Crippen molar-refractivity contribution in [2.75, 3.05) is 38.3 Å². The molecule has 1 fully saturated rings. The van der Waals surface area contributed by atoms with Crippen LogP contribution in [0.2, 0.25) is 5.02 Å². The Labute approximate surface area is 245 Å². The number of anilines is 1. The van der Waals surface area contributed by atoms with E-state index >= 15 is 4.39 Å². The highest BCUT2D eigenvalue weighted by Gasteiger charge is 2.37. The molecule has 0 bridgehead atoms. The number of carbonyl (C=O) groups excluding carboxylic acids is 1. The van der Waals surface area contributed by atoms with Crippen LogP contribution in [0, 0.1) is 5.82 Å². The quantitative estimate of drug-likeness (QED) is 0.320. The van der Waals surface area contributed by atoms with Crippen molar-refractivity contribution in [3.05, 3.63) is 70.3 Å². The van der Waals surface area contributed by atoms with Crippen LogP contribution in [0.25, 0.3) is 28.0 Å². The molecule has 5 heterocycles. The van der Waals surface area contributed by atoms with Gasteiger partial charge in [-0.1, -0.05) is 44.2 Å². The Kier molecular flexibility index (Phi) is 7.01. The van der Waals surface area contributed by atoms with Crippen molar-refractivity contribution in [3.8, 4) is 28.6 Å². The van der Waals surface area contributed by atoms with Crippen LogP contribution >= 0.6 is 11.6 Å². The van der Waals surface area contributed by atoms with Crippen LogP contribution in [0.1, 0.15) is 25.5 Å². The van der Waals surface area contributed by atoms with E-state index in [2.05, 4.69) is 21.5 Å². The zero-order valence-electron chi connectivity index (χ0n) is 23.2. The molecule has 0 unspecified atom stereocenters. The number of aromatic nitrogens is 5. The minimum absolute atomic E-state index is 0.0695. The molecule has 0 radical (unpaired) electrons. The third-order valence-electron chi connectivity index (χ3n) is 7.47. The summed E-state index contributed by atoms with van der Waals surface area (Å²) in [7, 11) is 1.44. The monoisotopic (exact) mass is 591 g/mol. The molecule has 1 aromatic carbocycles. The summed E-state index contributed by atoms with van der Waals surface area (Å²) < 4.78 is 28.3. The number of benzene rings is 1. The fourth-order valence-corrected chi connectivity index (χ4v) is 5.79. The van der Waals surface area contributed by atoms with E-state index in [0.29, 0.717) is 36.5 Å². The lowest BCUT2D eigenvalue weighted by Gasteiger charge is -2.40. The Bertz CT molecular complexity index is 1810. The lowest BCUT2D eigenvalue weighted by Crippen LogP contribution is -2.56. The molecule has 2 aliphatic heterocycles. The molecule has 1 amide bonds. The van der Waals surface area contributed by atoms with E-state index in [0.717, 1.165) is 0 Å². The van der Waals surface area contributed by atoms with E-state index in [-0.39, 0.29) is 63.7 Å². The van der Waals surface area contributed by atoms with E-state index in [1.807, 2.05) is 18.7 Å². The average Bonchev–Trinajstić information content (AvgIpc) is 3.15. The number of ether oxygens (including phenoxy) is 2. The molecule has 42 heavy (non-hydrogen) atoms. The van der Waals surface area contributed by atoms with Gasteiger partial charge in [-0.25, -0.2) is 23.7 Å². The number of piperazine rings is 1. The van der Waals surface area contributed by atoms with Gasteiger partial charge in [-0.2, -0.15) is 9.97 Å². The highest BCUT2D eigenvalue weighted by Crippen LogP contribution is 2.45. The Hall–Kier alpha value is -4.58. The summed E-state index contributed by atoms with van der Waals surface area (Å²) in [6.45, 7) is 8.63. The van der Waals surface area contributed by atoms with Crippen molar-refractivity contribution in [2.45, 2.75) is 25.8 Å². The normalized spacial score (nSPS) is 16.2. The summed E-state index contributed by atoms with van der Waals surface area (Å²) >= 11 is 6.94. The van der Waals surface area contributed by atoms with Crippen LogP contribution in [0.4, 0.5) is 10.2 Å². The summed E-state index contributed by atoms with van der Waals surface area (Å²) in [5.41, 5.74) is 0.470. The zero-order valence-corrected chi connectivity index (χ0v) is 23.9. The van der Waals surface area contributed by atoms with Crippen molar-refractivity contribution >= 4 is 34.4 Å². The highest BCUT2D eigenvalue weighted by atomic mass is 35.5. The second-order valence-corrected chi connectivity index (χ2v) is 10.6. The van der Waals surface area contributed by atoms with Gasteiger partial charge in [0.05, 0.1) is 24.5 Å². The van der Waals surface area contributed by atoms with Gasteiger partial charge in [-0.3, -0.25) is 4.79 Å². The van der Waals surface area contributed by atoms with E-state index < -0.39 is 11.5 Å². The molecule has 11 nitrogen and oxygen atoms in total. The Morgan fingerprint density at radius 2 is 2.02 bits per heavy atom. The number of carbonyl (C=O) groups is 1. The van der Waals surface area contributed by atoms with Gasteiger partial charge in [0, 0.05) is 25.2 Å². The van der Waals surface area contributed by atoms with Gasteiger partial charge in [0.2, 0.25) is 11.8 Å². The zero-order chi connectivity index (χ0) is 29.7. The van der Waals surface area contributed by atoms with Gasteiger partial charge in [0.15, 0.2) is 11.4 Å². The number of methoxy groups -OCH3 is 1. The first-order valence-electron chi connectivity index (χ1n) is 13.4. The van der Waals surface area contributed by atoms with Crippen molar-refractivity contribution in [1.29, 1.82) is 0 Å². The average molecular weight is 592 g/mol. The molecule has 0 saturated carbocycles. The smallest absolute Gasteiger partial charge is 0.356 e. The summed E-state index contributed by atoms with van der Waals surface area (Å²) in [6, 6.07) is 5.73. The Morgan fingerprint density at radius 1 is 1.24 bits per heavy atom. The van der Waals surface area contributed by atoms with Crippen LogP contribution in [0.5, 0.6) is 11.6 Å². The standard InChI is InChI=1S/C29H27ClFN7O4/c1-5-19(39)36-10-11-37-16(12-36)13-42-25-20-26(37)35-29(40)38(24-22(15(2)3)32-14-33-28(24)41-4)27(20)34-23(21(25)30)17-8-6-7-9-18(17)31/h5-9,14-16H,1,10-13H2,2-4H3/t16-/m1/s1. The maximum atomic E-state index is 15.1. The predicted octanol–water partition coefficient (Wildman–Crippen LogP) is 3.76. The number of hydrogen-bond acceptors (Lipinski definition) is 9. The third kappa shape index (κ3) is 4.33. The molecule has 0 N–H and O–H groups in total. The molecule has 216 valence electrons. The predicted molar refractivity (Wildman–Crippen MR) is 155 cm³/mol. The van der Waals surface area contributed by atoms with Crippen molar-refractivity contribution in [3.63, 3.8) is 0 Å². The van der Waals surface area contributed by atoms with Crippen molar-refractivity contribution in [1.82, 2.24) is 29.4 Å². The summed E-state index contributed by atoms with van der Waals surface area (Å²) in [6.07, 6.45) is 2.63. The van der Waals surface area contributed by atoms with E-state index in [9.17, 15) is 9.59 Å². The summed E-state index contributed by atoms with van der Waals surface area (Å²) in [5, 5.41) is 0.436. The molecule has 6 rings (SSSR count). The molecular formula is C29H27ClFN7O4. The molecular weight excluding hydrogens is 565 g/mol. The van der Waals surface area contributed by atoms with Crippen LogP contribution in [0.3, 0.4) is 0 Å². The molecule has 2 aliphatic rings. The number of rotatable bonds is 5. The Balaban J connectivity index is 1.71. The molecule has 0 aliphatic carbocycles. The molecule has 1 saturated heterocycles. The SMILES string of the molecule is C=CC(=O)N1CCN2c3nc(=O)n(-c4c(OC)ncnc4C(C)C)c4nc(-c5ccccc5F)c(Cl)c(c34)OC[C@H]2C1. The summed E-state index contributed by atoms with van der Waals surface area (Å²) in [4.78, 5) is 48.1. The van der Waals surface area contributed by atoms with E-state index in [1.165, 1.54) is 30.1 Å². The second-order valence-electron chi connectivity index (χ2n) is 10.3. The first-order chi connectivity index (χ1) is 20.2. The van der Waals surface area contributed by atoms with Crippen molar-refractivity contribution in [2.24, 2.45) is 0 Å². The number of hydrogen-bond donors (Lipinski definition) is 0. The molecule has 13 heteroatoms. The first kappa shape index (κ1) is 27.6. The van der Waals surface area contributed by atoms with Crippen LogP contribution < -0.4 is 20.1 Å². The molecule has 1 atom stereocenters. The lowest BCUT2D eigenvalue weighted by molar-refractivity contribution is -0.126. The highest BCUT2D eigenvalue weighted by molar-refractivity contribution is 6.36. The van der Waals surface area contributed by atoms with Gasteiger partial charge in [0.25, 0.3) is 0 Å². The molecule has 0 spiro atoms. The maximum absolute atomic E-state index is 15.1. The van der Waals surface area contributed by atoms with Gasteiger partial charge in [-0.05, 0) is 24.1 Å². The number of amides is 1. The van der Waals surface area contributed by atoms with Gasteiger partial charge < -0.3 is 19.3 Å². The van der Waals surface area contributed by atoms with Crippen molar-refractivity contribution < 1.29 is 18.7 Å². The second kappa shape index (κ2) is 10.7. The van der Waals surface area contributed by atoms with Gasteiger partial charge in [0.1, 0.15) is 40.7 Å². The molecule has 3 aromatic heterocycles. The van der Waals surface area contributed by atoms with Crippen LogP contribution in [-0.4, -0.2) is 74.7 Å². The number of nitrogens with zero attached hydrogens (tertiary/aromatic N) is 7. The van der Waals surface area contributed by atoms with Gasteiger partial charge in [-0.15, -0.1) is 0 Å². The number of fused-ring (bicyclic) bond motifs is 2. The summed E-state index contributed by atoms with van der Waals surface area (Å²) in [5.74, 6) is -0.232. The minimum atomic E-state index is -0.669. The fourth-order valence-electron chi connectivity index (χ4n) is 5.50. The topological polar surface area (TPSA) is 116 Å². The Morgan fingerprint density at radius 3 is 2.74 bits per heavy atom. The van der Waals surface area contributed by atoms with E-state index in [4.69, 9.17) is 26.1 Å². The third-order valence-corrected chi connectivity index (χ3v) is 7.83. The number of pyridine rings is 1. The van der Waals surface area contributed by atoms with Crippen LogP contribution in [-0.2, 0) is 4.79 Å². The fraction of sp³-hybridized carbons (Fsp3) is 0.310. The van der Waals surface area contributed by atoms with E-state index in [1.54, 1.807) is 23.1 Å². The minimum Gasteiger partial charge on any atom is -0.489 e. The largest absolute Gasteiger partial charge is 0.489 e.